The van der Waals surface area contributed by atoms with Gasteiger partial charge in [0.05, 0.1) is 6.20 Å². The molecule has 0 bridgehead atoms. The minimum atomic E-state index is 1.25. The van der Waals surface area contributed by atoms with Gasteiger partial charge in [-0.25, -0.2) is 4.98 Å². The van der Waals surface area contributed by atoms with Crippen LogP contribution in [0.5, 0.6) is 0 Å². The van der Waals surface area contributed by atoms with E-state index in [-0.39, 0.29) is 0 Å². The van der Waals surface area contributed by atoms with Gasteiger partial charge in [0.2, 0.25) is 0 Å². The minimum absolute atomic E-state index is 1.25. The van der Waals surface area contributed by atoms with Crippen LogP contribution < -0.4 is 5.32 Å². The molecule has 0 unspecified atom stereocenters. The summed E-state index contributed by atoms with van der Waals surface area (Å²) in [7, 11) is 0. The Morgan fingerprint density at radius 2 is 2.00 bits per heavy atom. The number of piperidine rings is 1. The van der Waals surface area contributed by atoms with Crippen LogP contribution in [0.3, 0.4) is 0 Å². The van der Waals surface area contributed by atoms with Crippen LogP contribution in [-0.4, -0.2) is 18.1 Å². The summed E-state index contributed by atoms with van der Waals surface area (Å²) in [5.74, 6) is 0. The van der Waals surface area contributed by atoms with Crippen molar-refractivity contribution in [2.24, 2.45) is 0 Å². The molecule has 0 saturated carbocycles. The molecule has 0 spiro atoms. The summed E-state index contributed by atoms with van der Waals surface area (Å²) < 4.78 is 4.47. The lowest BCUT2D eigenvalue weighted by Gasteiger charge is -2.08. The van der Waals surface area contributed by atoms with E-state index >= 15 is 0 Å². The SMILES string of the molecule is C1CCNCC1.c1cocn1. The van der Waals surface area contributed by atoms with E-state index in [2.05, 4.69) is 14.7 Å². The Balaban J connectivity index is 0.000000112. The number of aromatic nitrogens is 1. The first-order valence-corrected chi connectivity index (χ1v) is 4.03. The average molecular weight is 154 g/mol. The fourth-order valence-corrected chi connectivity index (χ4v) is 0.977. The molecule has 0 radical (unpaired) electrons. The summed E-state index contributed by atoms with van der Waals surface area (Å²) >= 11 is 0. The molecule has 1 aromatic heterocycles. The molecule has 2 rings (SSSR count). The van der Waals surface area contributed by atoms with Crippen LogP contribution in [0.4, 0.5) is 0 Å². The van der Waals surface area contributed by atoms with Crippen molar-refractivity contribution < 1.29 is 4.42 Å². The van der Waals surface area contributed by atoms with E-state index in [1.165, 1.54) is 45.0 Å². The molecule has 62 valence electrons. The molecule has 1 saturated heterocycles. The summed E-state index contributed by atoms with van der Waals surface area (Å²) in [5, 5.41) is 3.28. The van der Waals surface area contributed by atoms with Gasteiger partial charge in [0, 0.05) is 0 Å². The van der Waals surface area contributed by atoms with Crippen molar-refractivity contribution >= 4 is 0 Å². The molecular weight excluding hydrogens is 140 g/mol. The molecule has 0 aromatic carbocycles. The van der Waals surface area contributed by atoms with Gasteiger partial charge >= 0.3 is 0 Å². The molecule has 1 aliphatic heterocycles. The Morgan fingerprint density at radius 3 is 2.18 bits per heavy atom. The maximum Gasteiger partial charge on any atom is 0.180 e. The van der Waals surface area contributed by atoms with E-state index in [4.69, 9.17) is 0 Å². The first kappa shape index (κ1) is 8.27. The summed E-state index contributed by atoms with van der Waals surface area (Å²) in [4.78, 5) is 3.56. The predicted molar refractivity (Wildman–Crippen MR) is 43.2 cm³/mol. The van der Waals surface area contributed by atoms with Crippen molar-refractivity contribution in [1.29, 1.82) is 0 Å². The number of oxazole rings is 1. The molecule has 3 heteroatoms. The fraction of sp³-hybridized carbons (Fsp3) is 0.625. The lowest BCUT2D eigenvalue weighted by molar-refractivity contribution is 0.520. The van der Waals surface area contributed by atoms with Crippen LogP contribution in [0, 0.1) is 0 Å². The van der Waals surface area contributed by atoms with Crippen molar-refractivity contribution in [3.8, 4) is 0 Å². The molecule has 1 fully saturated rings. The molecule has 0 atom stereocenters. The lowest BCUT2D eigenvalue weighted by atomic mass is 10.2. The van der Waals surface area contributed by atoms with Crippen LogP contribution in [0.2, 0.25) is 0 Å². The second-order valence-electron chi connectivity index (χ2n) is 2.49. The van der Waals surface area contributed by atoms with Crippen LogP contribution in [0.15, 0.2) is 23.3 Å². The van der Waals surface area contributed by atoms with Gasteiger partial charge in [-0.2, -0.15) is 0 Å². The van der Waals surface area contributed by atoms with Gasteiger partial charge in [-0.1, -0.05) is 6.42 Å². The van der Waals surface area contributed by atoms with Gasteiger partial charge in [0.25, 0.3) is 0 Å². The Morgan fingerprint density at radius 1 is 1.18 bits per heavy atom. The van der Waals surface area contributed by atoms with Gasteiger partial charge in [-0.3, -0.25) is 0 Å². The van der Waals surface area contributed by atoms with E-state index in [1.54, 1.807) is 6.20 Å². The normalized spacial score (nSPS) is 16.7. The molecule has 1 N–H and O–H groups in total. The third-order valence-corrected chi connectivity index (χ3v) is 1.55. The number of nitrogens with zero attached hydrogens (tertiary/aromatic N) is 1. The predicted octanol–water partition coefficient (Wildman–Crippen LogP) is 1.43. The molecule has 0 aliphatic carbocycles. The summed E-state index contributed by atoms with van der Waals surface area (Å²) in [6.45, 7) is 2.50. The molecule has 0 amide bonds. The van der Waals surface area contributed by atoms with E-state index in [1.807, 2.05) is 0 Å². The maximum absolute atomic E-state index is 4.47. The van der Waals surface area contributed by atoms with E-state index in [0.717, 1.165) is 0 Å². The third kappa shape index (κ3) is 4.56. The first-order chi connectivity index (χ1) is 5.50. The summed E-state index contributed by atoms with van der Waals surface area (Å²) in [6.07, 6.45) is 8.69. The van der Waals surface area contributed by atoms with E-state index in [9.17, 15) is 0 Å². The summed E-state index contributed by atoms with van der Waals surface area (Å²) in [6, 6.07) is 0. The van der Waals surface area contributed by atoms with Gasteiger partial charge in [-0.15, -0.1) is 0 Å². The van der Waals surface area contributed by atoms with Crippen molar-refractivity contribution in [3.05, 3.63) is 18.9 Å². The van der Waals surface area contributed by atoms with Crippen LogP contribution >= 0.6 is 0 Å². The second kappa shape index (κ2) is 5.92. The topological polar surface area (TPSA) is 38.1 Å². The first-order valence-electron chi connectivity index (χ1n) is 4.03. The second-order valence-corrected chi connectivity index (χ2v) is 2.49. The third-order valence-electron chi connectivity index (χ3n) is 1.55. The van der Waals surface area contributed by atoms with Gasteiger partial charge in [0.1, 0.15) is 6.26 Å². The quantitative estimate of drug-likeness (QED) is 0.614. The van der Waals surface area contributed by atoms with Crippen LogP contribution in [-0.2, 0) is 0 Å². The number of hydrogen-bond acceptors (Lipinski definition) is 3. The molecule has 3 nitrogen and oxygen atoms in total. The molecule has 1 aliphatic rings. The van der Waals surface area contributed by atoms with Crippen LogP contribution in [0.1, 0.15) is 19.3 Å². The van der Waals surface area contributed by atoms with Gasteiger partial charge < -0.3 is 9.73 Å². The van der Waals surface area contributed by atoms with E-state index < -0.39 is 0 Å². The highest BCUT2D eigenvalue weighted by Gasteiger charge is 1.93. The highest BCUT2D eigenvalue weighted by atomic mass is 16.3. The van der Waals surface area contributed by atoms with Crippen molar-refractivity contribution in [3.63, 3.8) is 0 Å². The average Bonchev–Trinajstić information content (AvgIpc) is 2.64. The minimum Gasteiger partial charge on any atom is -0.452 e. The van der Waals surface area contributed by atoms with Crippen LogP contribution in [0.25, 0.3) is 0 Å². The van der Waals surface area contributed by atoms with Gasteiger partial charge in [0.15, 0.2) is 6.39 Å². The Kier molecular flexibility index (Phi) is 4.45. The molecule has 11 heavy (non-hydrogen) atoms. The van der Waals surface area contributed by atoms with Crippen molar-refractivity contribution in [1.82, 2.24) is 10.3 Å². The zero-order valence-corrected chi connectivity index (χ0v) is 6.62. The number of hydrogen-bond donors (Lipinski definition) is 1. The monoisotopic (exact) mass is 154 g/mol. The van der Waals surface area contributed by atoms with Crippen molar-refractivity contribution in [2.75, 3.05) is 13.1 Å². The number of rotatable bonds is 0. The highest BCUT2D eigenvalue weighted by Crippen LogP contribution is 1.96. The Bertz CT molecular complexity index is 118. The van der Waals surface area contributed by atoms with E-state index in [0.29, 0.717) is 0 Å². The highest BCUT2D eigenvalue weighted by molar-refractivity contribution is 4.56. The van der Waals surface area contributed by atoms with Crippen molar-refractivity contribution in [2.45, 2.75) is 19.3 Å². The fourth-order valence-electron chi connectivity index (χ4n) is 0.977. The smallest absolute Gasteiger partial charge is 0.180 e. The lowest BCUT2D eigenvalue weighted by Crippen LogP contribution is -2.21. The van der Waals surface area contributed by atoms with Gasteiger partial charge in [-0.05, 0) is 25.9 Å². The molecule has 2 heterocycles. The molecule has 1 aromatic rings. The Hall–Kier alpha value is -0.830. The number of nitrogens with one attached hydrogen (secondary N) is 1. The maximum atomic E-state index is 4.47. The zero-order valence-electron chi connectivity index (χ0n) is 6.62. The Labute approximate surface area is 66.8 Å². The molecular formula is C8H14N2O. The largest absolute Gasteiger partial charge is 0.452 e. The standard InChI is InChI=1S/C5H11N.C3H3NO/c1-2-4-6-5-3-1;1-2-5-3-4-1/h6H,1-5H2;1-3H. The zero-order chi connectivity index (χ0) is 7.78. The summed E-state index contributed by atoms with van der Waals surface area (Å²) in [5.41, 5.74) is 0.